The molecule has 3 rings (SSSR count). The molecule has 1 aliphatic rings. The van der Waals surface area contributed by atoms with Crippen molar-refractivity contribution in [2.24, 2.45) is 0 Å². The minimum Gasteiger partial charge on any atom is -0.350 e. The summed E-state index contributed by atoms with van der Waals surface area (Å²) < 4.78 is 0. The maximum atomic E-state index is 12.4. The molecule has 0 unspecified atom stereocenters. The Bertz CT molecular complexity index is 807. The van der Waals surface area contributed by atoms with Gasteiger partial charge in [-0.2, -0.15) is 0 Å². The molecule has 8 heteroatoms. The van der Waals surface area contributed by atoms with E-state index in [1.807, 2.05) is 13.8 Å². The topological polar surface area (TPSA) is 103 Å². The number of carbonyl (C=O) groups is 2. The van der Waals surface area contributed by atoms with Gasteiger partial charge in [-0.3, -0.25) is 14.5 Å². The highest BCUT2D eigenvalue weighted by atomic mass is 16.2. The van der Waals surface area contributed by atoms with Crippen LogP contribution >= 0.6 is 0 Å². The van der Waals surface area contributed by atoms with Gasteiger partial charge >= 0.3 is 0 Å². The summed E-state index contributed by atoms with van der Waals surface area (Å²) in [5.41, 5.74) is 1.37. The number of hydrogen-bond acceptors (Lipinski definition) is 5. The van der Waals surface area contributed by atoms with Gasteiger partial charge in [0, 0.05) is 18.8 Å². The number of amides is 2. The Morgan fingerprint density at radius 3 is 2.92 bits per heavy atom. The fourth-order valence-corrected chi connectivity index (χ4v) is 2.95. The standard InChI is InChI=1S/C17H22N6O2/c1-4-14(24)23(11-5-6-18-7-11)13-9-20-16-15(22-13)12(8-19-16)17(25)21-10(2)3/h4,8-11,18H,1,5-7H2,2-3H3,(H,19,20)(H,21,25)/t11-/m0/s1. The van der Waals surface area contributed by atoms with Gasteiger partial charge < -0.3 is 15.6 Å². The second-order valence-corrected chi connectivity index (χ2v) is 6.31. The fourth-order valence-electron chi connectivity index (χ4n) is 2.95. The number of carbonyl (C=O) groups excluding carboxylic acids is 2. The van der Waals surface area contributed by atoms with Crippen molar-refractivity contribution in [3.63, 3.8) is 0 Å². The molecular formula is C17H22N6O2. The number of rotatable bonds is 5. The lowest BCUT2D eigenvalue weighted by molar-refractivity contribution is -0.114. The Morgan fingerprint density at radius 2 is 2.28 bits per heavy atom. The van der Waals surface area contributed by atoms with Crippen LogP contribution in [0.25, 0.3) is 11.2 Å². The van der Waals surface area contributed by atoms with E-state index in [2.05, 4.69) is 32.2 Å². The molecule has 8 nitrogen and oxygen atoms in total. The van der Waals surface area contributed by atoms with Gasteiger partial charge in [-0.15, -0.1) is 0 Å². The van der Waals surface area contributed by atoms with E-state index < -0.39 is 0 Å². The van der Waals surface area contributed by atoms with Crippen LogP contribution in [0.2, 0.25) is 0 Å². The highest BCUT2D eigenvalue weighted by molar-refractivity contribution is 6.06. The van der Waals surface area contributed by atoms with Crippen molar-refractivity contribution in [3.05, 3.63) is 30.6 Å². The number of aromatic amines is 1. The van der Waals surface area contributed by atoms with E-state index in [1.54, 1.807) is 17.3 Å². The largest absolute Gasteiger partial charge is 0.350 e. The van der Waals surface area contributed by atoms with Gasteiger partial charge in [-0.05, 0) is 32.9 Å². The van der Waals surface area contributed by atoms with Crippen LogP contribution in [0.4, 0.5) is 5.82 Å². The fraction of sp³-hybridized carbons (Fsp3) is 0.412. The van der Waals surface area contributed by atoms with Gasteiger partial charge in [0.25, 0.3) is 11.8 Å². The van der Waals surface area contributed by atoms with Gasteiger partial charge in [0.1, 0.15) is 5.52 Å². The summed E-state index contributed by atoms with van der Waals surface area (Å²) in [5, 5.41) is 6.08. The first kappa shape index (κ1) is 17.1. The minimum absolute atomic E-state index is 0.0101. The lowest BCUT2D eigenvalue weighted by Crippen LogP contribution is -2.41. The van der Waals surface area contributed by atoms with Crippen LogP contribution < -0.4 is 15.5 Å². The lowest BCUT2D eigenvalue weighted by Gasteiger charge is -2.26. The van der Waals surface area contributed by atoms with E-state index >= 15 is 0 Å². The van der Waals surface area contributed by atoms with Gasteiger partial charge in [-0.1, -0.05) is 6.58 Å². The van der Waals surface area contributed by atoms with Crippen molar-refractivity contribution in [3.8, 4) is 0 Å². The van der Waals surface area contributed by atoms with Crippen molar-refractivity contribution in [1.29, 1.82) is 0 Å². The number of nitrogens with one attached hydrogen (secondary N) is 3. The summed E-state index contributed by atoms with van der Waals surface area (Å²) in [6.45, 7) is 8.89. The molecule has 132 valence electrons. The van der Waals surface area contributed by atoms with Crippen LogP contribution in [-0.4, -0.2) is 51.9 Å². The van der Waals surface area contributed by atoms with Crippen molar-refractivity contribution in [1.82, 2.24) is 25.6 Å². The number of aromatic nitrogens is 3. The van der Waals surface area contributed by atoms with Gasteiger partial charge in [0.05, 0.1) is 17.8 Å². The van der Waals surface area contributed by atoms with E-state index in [4.69, 9.17) is 0 Å². The van der Waals surface area contributed by atoms with Gasteiger partial charge in [-0.25, -0.2) is 9.97 Å². The molecule has 2 aromatic rings. The van der Waals surface area contributed by atoms with Crippen molar-refractivity contribution >= 4 is 28.8 Å². The predicted molar refractivity (Wildman–Crippen MR) is 95.4 cm³/mol. The SMILES string of the molecule is C=CC(=O)N(c1cnc2[nH]cc(C(=O)NC(C)C)c2n1)[C@H]1CCNC1. The molecule has 3 N–H and O–H groups in total. The average molecular weight is 342 g/mol. The van der Waals surface area contributed by atoms with Crippen LogP contribution in [0, 0.1) is 0 Å². The number of fused-ring (bicyclic) bond motifs is 1. The molecule has 2 aromatic heterocycles. The molecule has 0 aromatic carbocycles. The summed E-state index contributed by atoms with van der Waals surface area (Å²) in [5.74, 6) is -0.0350. The molecular weight excluding hydrogens is 320 g/mol. The number of H-pyrrole nitrogens is 1. The number of hydrogen-bond donors (Lipinski definition) is 3. The minimum atomic E-state index is -0.230. The van der Waals surface area contributed by atoms with Crippen LogP contribution in [0.1, 0.15) is 30.6 Å². The van der Waals surface area contributed by atoms with E-state index in [-0.39, 0.29) is 23.9 Å². The van der Waals surface area contributed by atoms with Crippen LogP contribution in [-0.2, 0) is 4.79 Å². The molecule has 1 fully saturated rings. The molecule has 0 spiro atoms. The maximum Gasteiger partial charge on any atom is 0.255 e. The van der Waals surface area contributed by atoms with Crippen molar-refractivity contribution in [2.45, 2.75) is 32.4 Å². The predicted octanol–water partition coefficient (Wildman–Crippen LogP) is 0.977. The quantitative estimate of drug-likeness (QED) is 0.703. The second-order valence-electron chi connectivity index (χ2n) is 6.31. The second kappa shape index (κ2) is 7.02. The van der Waals surface area contributed by atoms with E-state index in [0.29, 0.717) is 29.1 Å². The third kappa shape index (κ3) is 3.39. The molecule has 0 aliphatic carbocycles. The molecule has 25 heavy (non-hydrogen) atoms. The average Bonchev–Trinajstić information content (AvgIpc) is 3.23. The zero-order valence-corrected chi connectivity index (χ0v) is 14.4. The summed E-state index contributed by atoms with van der Waals surface area (Å²) in [6, 6.07) is 0.00105. The molecule has 0 bridgehead atoms. The highest BCUT2D eigenvalue weighted by Crippen LogP contribution is 2.22. The molecule has 1 atom stereocenters. The highest BCUT2D eigenvalue weighted by Gasteiger charge is 2.28. The molecule has 2 amide bonds. The zero-order valence-electron chi connectivity index (χ0n) is 14.4. The van der Waals surface area contributed by atoms with Crippen molar-refractivity contribution < 1.29 is 9.59 Å². The third-order valence-electron chi connectivity index (χ3n) is 4.09. The van der Waals surface area contributed by atoms with E-state index in [1.165, 1.54) is 6.08 Å². The van der Waals surface area contributed by atoms with Crippen LogP contribution in [0.15, 0.2) is 25.0 Å². The van der Waals surface area contributed by atoms with E-state index in [0.717, 1.165) is 13.0 Å². The summed E-state index contributed by atoms with van der Waals surface area (Å²) in [6.07, 6.45) is 5.23. The zero-order chi connectivity index (χ0) is 18.0. The Balaban J connectivity index is 2.02. The molecule has 3 heterocycles. The Hall–Kier alpha value is -2.74. The molecule has 1 saturated heterocycles. The molecule has 0 saturated carbocycles. The van der Waals surface area contributed by atoms with E-state index in [9.17, 15) is 9.59 Å². The molecule has 0 radical (unpaired) electrons. The van der Waals surface area contributed by atoms with Crippen molar-refractivity contribution in [2.75, 3.05) is 18.0 Å². The van der Waals surface area contributed by atoms with Crippen LogP contribution in [0.5, 0.6) is 0 Å². The Kier molecular flexibility index (Phi) is 4.80. The van der Waals surface area contributed by atoms with Gasteiger partial charge in [0.15, 0.2) is 11.5 Å². The maximum absolute atomic E-state index is 12.4. The first-order chi connectivity index (χ1) is 12.0. The first-order valence-electron chi connectivity index (χ1n) is 8.32. The summed E-state index contributed by atoms with van der Waals surface area (Å²) in [7, 11) is 0. The van der Waals surface area contributed by atoms with Gasteiger partial charge in [0.2, 0.25) is 0 Å². The summed E-state index contributed by atoms with van der Waals surface area (Å²) >= 11 is 0. The number of anilines is 1. The normalized spacial score (nSPS) is 17.0. The third-order valence-corrected chi connectivity index (χ3v) is 4.09. The Morgan fingerprint density at radius 1 is 1.48 bits per heavy atom. The Labute approximate surface area is 145 Å². The summed E-state index contributed by atoms with van der Waals surface area (Å²) in [4.78, 5) is 38.1. The molecule has 1 aliphatic heterocycles. The lowest BCUT2D eigenvalue weighted by atomic mass is 10.2. The smallest absolute Gasteiger partial charge is 0.255 e. The monoisotopic (exact) mass is 342 g/mol. The van der Waals surface area contributed by atoms with Crippen LogP contribution in [0.3, 0.4) is 0 Å². The first-order valence-corrected chi connectivity index (χ1v) is 8.32. The number of nitrogens with zero attached hydrogens (tertiary/aromatic N) is 3.